The van der Waals surface area contributed by atoms with Crippen molar-refractivity contribution in [1.29, 1.82) is 5.26 Å². The molecule has 78 heavy (non-hydrogen) atoms. The van der Waals surface area contributed by atoms with Crippen LogP contribution in [0.2, 0.25) is 0 Å². The van der Waals surface area contributed by atoms with E-state index in [1.54, 1.807) is 0 Å². The second-order valence-corrected chi connectivity index (χ2v) is 20.8. The van der Waals surface area contributed by atoms with E-state index in [0.717, 1.165) is 22.3 Å². The minimum absolute atomic E-state index is 0.643. The standard InChI is InChI=1S/C77H45N/c78-46-47-35-37-48(38-36-47)53-43-54(56-39-41-66-72-58(56)31-17-33-64(72)74-68(49-19-5-1-6-20-49)60-27-13-15-29-62(60)70(76(66)74)51-23-9-3-10-24-51)45-55(44-53)57-40-42-67-73-59(57)32-18-34-65(73)75-69(50-21-7-2-8-22-50)61-28-14-16-30-63(61)71(77(67)75)52-25-11-4-12-26-52/h1-45H. The van der Waals surface area contributed by atoms with Crippen LogP contribution in [0.15, 0.2) is 273 Å². The highest BCUT2D eigenvalue weighted by Crippen LogP contribution is 2.61. The third kappa shape index (κ3) is 6.48. The van der Waals surface area contributed by atoms with E-state index in [9.17, 15) is 5.26 Å². The zero-order valence-electron chi connectivity index (χ0n) is 42.4. The molecule has 0 heterocycles. The summed E-state index contributed by atoms with van der Waals surface area (Å²) >= 11 is 0. The van der Waals surface area contributed by atoms with Gasteiger partial charge in [-0.3, -0.25) is 0 Å². The Morgan fingerprint density at radius 2 is 0.487 bits per heavy atom. The third-order valence-electron chi connectivity index (χ3n) is 16.7. The molecule has 358 valence electrons. The van der Waals surface area contributed by atoms with Gasteiger partial charge in [-0.15, -0.1) is 0 Å². The molecule has 2 aliphatic carbocycles. The van der Waals surface area contributed by atoms with Gasteiger partial charge in [0.2, 0.25) is 0 Å². The number of hydrogen-bond acceptors (Lipinski definition) is 1. The van der Waals surface area contributed by atoms with Gasteiger partial charge >= 0.3 is 0 Å². The number of nitriles is 1. The van der Waals surface area contributed by atoms with Crippen molar-refractivity contribution in [3.63, 3.8) is 0 Å². The Balaban J connectivity index is 0.955. The monoisotopic (exact) mass is 983 g/mol. The first kappa shape index (κ1) is 44.0. The molecular formula is C77H45N. The summed E-state index contributed by atoms with van der Waals surface area (Å²) in [6.45, 7) is 0. The van der Waals surface area contributed by atoms with Gasteiger partial charge in [0.1, 0.15) is 0 Å². The van der Waals surface area contributed by atoms with Gasteiger partial charge in [-0.05, 0) is 196 Å². The van der Waals surface area contributed by atoms with Crippen LogP contribution in [0.3, 0.4) is 0 Å². The Morgan fingerprint density at radius 1 is 0.192 bits per heavy atom. The molecule has 0 aromatic heterocycles. The van der Waals surface area contributed by atoms with Crippen molar-refractivity contribution >= 4 is 43.1 Å². The number of nitrogens with zero attached hydrogens (tertiary/aromatic N) is 1. The van der Waals surface area contributed by atoms with E-state index in [1.807, 2.05) is 12.1 Å². The molecule has 0 spiro atoms. The first-order chi connectivity index (χ1) is 38.7. The quantitative estimate of drug-likeness (QED) is 0.156. The normalized spacial score (nSPS) is 11.8. The number of rotatable bonds is 7. The number of fused-ring (bicyclic) bond motifs is 8. The average Bonchev–Trinajstić information content (AvgIpc) is 4.21. The fourth-order valence-electron chi connectivity index (χ4n) is 13.6. The van der Waals surface area contributed by atoms with Gasteiger partial charge in [-0.2, -0.15) is 5.26 Å². The van der Waals surface area contributed by atoms with Crippen LogP contribution in [0.5, 0.6) is 0 Å². The first-order valence-electron chi connectivity index (χ1n) is 26.9. The summed E-state index contributed by atoms with van der Waals surface area (Å²) in [4.78, 5) is 0. The summed E-state index contributed by atoms with van der Waals surface area (Å²) in [6, 6.07) is 103. The second-order valence-electron chi connectivity index (χ2n) is 20.8. The van der Waals surface area contributed by atoms with E-state index in [2.05, 4.69) is 267 Å². The Labute approximate surface area is 452 Å². The Bertz CT molecular complexity index is 4390. The van der Waals surface area contributed by atoms with Crippen molar-refractivity contribution in [3.05, 3.63) is 279 Å². The molecule has 0 atom stereocenters. The van der Waals surface area contributed by atoms with Crippen LogP contribution in [0, 0.1) is 11.3 Å². The topological polar surface area (TPSA) is 23.8 Å². The minimum Gasteiger partial charge on any atom is -0.192 e. The Morgan fingerprint density at radius 3 is 0.833 bits per heavy atom. The molecule has 14 aromatic carbocycles. The summed E-state index contributed by atoms with van der Waals surface area (Å²) in [6.07, 6.45) is 0. The van der Waals surface area contributed by atoms with E-state index in [-0.39, 0.29) is 0 Å². The van der Waals surface area contributed by atoms with Gasteiger partial charge in [0.25, 0.3) is 0 Å². The van der Waals surface area contributed by atoms with Gasteiger partial charge in [-0.25, -0.2) is 0 Å². The van der Waals surface area contributed by atoms with E-state index < -0.39 is 0 Å². The van der Waals surface area contributed by atoms with E-state index in [0.29, 0.717) is 5.56 Å². The Kier molecular flexibility index (Phi) is 9.77. The Hall–Kier alpha value is -10.4. The highest BCUT2D eigenvalue weighted by Gasteiger charge is 2.33. The van der Waals surface area contributed by atoms with Crippen molar-refractivity contribution in [1.82, 2.24) is 0 Å². The first-order valence-corrected chi connectivity index (χ1v) is 26.9. The zero-order chi connectivity index (χ0) is 51.4. The number of hydrogen-bond donors (Lipinski definition) is 0. The summed E-state index contributed by atoms with van der Waals surface area (Å²) in [5.74, 6) is 0. The minimum atomic E-state index is 0.643. The number of benzene rings is 14. The lowest BCUT2D eigenvalue weighted by Gasteiger charge is -2.20. The molecular weight excluding hydrogens is 939 g/mol. The lowest BCUT2D eigenvalue weighted by atomic mass is 9.82. The SMILES string of the molecule is N#Cc1ccc(-c2cc(-c3ccc4c5c(cccc35)-c3c-4c(-c4ccccc4)c4ccccc4c3-c3ccccc3)cc(-c3ccc4c5c(cccc35)-c3c-4c(-c4ccccc4)c4ccccc4c3-c3ccccc3)c2)cc1. The predicted octanol–water partition coefficient (Wildman–Crippen LogP) is 21.1. The maximum absolute atomic E-state index is 9.90. The maximum atomic E-state index is 9.90. The van der Waals surface area contributed by atoms with Crippen LogP contribution < -0.4 is 0 Å². The van der Waals surface area contributed by atoms with Crippen LogP contribution in [0.1, 0.15) is 5.56 Å². The molecule has 1 nitrogen and oxygen atoms in total. The van der Waals surface area contributed by atoms with Crippen LogP contribution in [0.25, 0.3) is 165 Å². The van der Waals surface area contributed by atoms with Crippen LogP contribution in [-0.2, 0) is 0 Å². The molecule has 2 aliphatic rings. The largest absolute Gasteiger partial charge is 0.192 e. The van der Waals surface area contributed by atoms with Crippen LogP contribution in [0.4, 0.5) is 0 Å². The molecule has 0 bridgehead atoms. The van der Waals surface area contributed by atoms with Gasteiger partial charge in [0.15, 0.2) is 0 Å². The fraction of sp³-hybridized carbons (Fsp3) is 0. The highest BCUT2D eigenvalue weighted by atomic mass is 14.4. The molecule has 0 N–H and O–H groups in total. The van der Waals surface area contributed by atoms with Crippen molar-refractivity contribution in [2.24, 2.45) is 0 Å². The molecule has 0 fully saturated rings. The molecule has 16 rings (SSSR count). The second kappa shape index (κ2) is 17.3. The van der Waals surface area contributed by atoms with Gasteiger partial charge in [0, 0.05) is 0 Å². The van der Waals surface area contributed by atoms with Gasteiger partial charge < -0.3 is 0 Å². The summed E-state index contributed by atoms with van der Waals surface area (Å²) in [7, 11) is 0. The summed E-state index contributed by atoms with van der Waals surface area (Å²) in [5.41, 5.74) is 27.5. The molecule has 0 saturated heterocycles. The highest BCUT2D eigenvalue weighted by molar-refractivity contribution is 6.31. The zero-order valence-corrected chi connectivity index (χ0v) is 42.4. The predicted molar refractivity (Wildman–Crippen MR) is 328 cm³/mol. The van der Waals surface area contributed by atoms with Crippen LogP contribution in [-0.4, -0.2) is 0 Å². The molecule has 14 aromatic rings. The average molecular weight is 984 g/mol. The fourth-order valence-corrected chi connectivity index (χ4v) is 13.6. The molecule has 1 heteroatoms. The van der Waals surface area contributed by atoms with Crippen molar-refractivity contribution in [2.45, 2.75) is 0 Å². The van der Waals surface area contributed by atoms with Crippen molar-refractivity contribution < 1.29 is 0 Å². The van der Waals surface area contributed by atoms with E-state index in [1.165, 1.54) is 143 Å². The molecule has 0 unspecified atom stereocenters. The summed E-state index contributed by atoms with van der Waals surface area (Å²) < 4.78 is 0. The maximum Gasteiger partial charge on any atom is 0.0991 e. The van der Waals surface area contributed by atoms with Crippen molar-refractivity contribution in [3.8, 4) is 128 Å². The molecule has 0 radical (unpaired) electrons. The van der Waals surface area contributed by atoms with E-state index >= 15 is 0 Å². The lowest BCUT2D eigenvalue weighted by molar-refractivity contribution is 1.48. The van der Waals surface area contributed by atoms with Crippen molar-refractivity contribution in [2.75, 3.05) is 0 Å². The third-order valence-corrected chi connectivity index (χ3v) is 16.7. The smallest absolute Gasteiger partial charge is 0.0991 e. The van der Waals surface area contributed by atoms with E-state index in [4.69, 9.17) is 0 Å². The molecule has 0 aliphatic heterocycles. The van der Waals surface area contributed by atoms with Gasteiger partial charge in [0.05, 0.1) is 11.6 Å². The summed E-state index contributed by atoms with van der Waals surface area (Å²) in [5, 5.41) is 19.9. The molecule has 0 amide bonds. The van der Waals surface area contributed by atoms with Gasteiger partial charge in [-0.1, -0.05) is 243 Å². The molecule has 0 saturated carbocycles. The van der Waals surface area contributed by atoms with Crippen LogP contribution >= 0.6 is 0 Å². The lowest BCUT2D eigenvalue weighted by Crippen LogP contribution is -1.93.